The van der Waals surface area contributed by atoms with Crippen molar-refractivity contribution >= 4 is 30.7 Å². The Bertz CT molecular complexity index is 293. The van der Waals surface area contributed by atoms with Crippen LogP contribution in [0.1, 0.15) is 39.5 Å². The maximum Gasteiger partial charge on any atom is 0.306 e. The molecule has 0 radical (unpaired) electrons. The maximum atomic E-state index is 11.1. The second kappa shape index (κ2) is 9.76. The molecule has 0 rings (SSSR count). The summed E-state index contributed by atoms with van der Waals surface area (Å²) in [7, 11) is 0. The van der Waals surface area contributed by atoms with E-state index in [1.807, 2.05) is 0 Å². The zero-order valence-electron chi connectivity index (χ0n) is 10.6. The van der Waals surface area contributed by atoms with E-state index in [0.29, 0.717) is 6.42 Å². The zero-order chi connectivity index (χ0) is 14.0. The lowest BCUT2D eigenvalue weighted by atomic mass is 10.3. The Morgan fingerprint density at radius 3 is 2.33 bits per heavy atom. The Hall–Kier alpha value is -1.24. The second-order valence-electron chi connectivity index (χ2n) is 3.90. The highest BCUT2D eigenvalue weighted by Gasteiger charge is 2.08. The highest BCUT2D eigenvalue weighted by Crippen LogP contribution is 1.99. The van der Waals surface area contributed by atoms with Gasteiger partial charge in [-0.25, -0.2) is 0 Å². The second-order valence-corrected chi connectivity index (χ2v) is 4.12. The lowest BCUT2D eigenvalue weighted by molar-refractivity contribution is -0.150. The van der Waals surface area contributed by atoms with Crippen LogP contribution in [0.15, 0.2) is 0 Å². The van der Waals surface area contributed by atoms with E-state index < -0.39 is 5.97 Å². The molecule has 6 nitrogen and oxygen atoms in total. The lowest BCUT2D eigenvalue weighted by Crippen LogP contribution is -2.16. The van der Waals surface area contributed by atoms with Gasteiger partial charge in [0, 0.05) is 12.8 Å². The molecular formula is C11H19NO5S. The SMILES string of the molecule is CC(C)OC(=O)CCCOC(=O)CCC(=O)NS. The van der Waals surface area contributed by atoms with Crippen LogP contribution in [0.4, 0.5) is 0 Å². The summed E-state index contributed by atoms with van der Waals surface area (Å²) in [4.78, 5) is 33.1. The van der Waals surface area contributed by atoms with Gasteiger partial charge in [0.15, 0.2) is 0 Å². The first-order valence-corrected chi connectivity index (χ1v) is 6.18. The molecule has 0 fully saturated rings. The molecule has 0 heterocycles. The van der Waals surface area contributed by atoms with Gasteiger partial charge in [-0.15, -0.1) is 0 Å². The van der Waals surface area contributed by atoms with E-state index in [1.54, 1.807) is 13.8 Å². The molecule has 0 aromatic carbocycles. The van der Waals surface area contributed by atoms with Gasteiger partial charge in [0.05, 0.1) is 19.1 Å². The van der Waals surface area contributed by atoms with Crippen LogP contribution in [0.25, 0.3) is 0 Å². The fraction of sp³-hybridized carbons (Fsp3) is 0.727. The third kappa shape index (κ3) is 9.95. The summed E-state index contributed by atoms with van der Waals surface area (Å²) in [6.07, 6.45) is 0.527. The summed E-state index contributed by atoms with van der Waals surface area (Å²) in [5.41, 5.74) is 0. The molecule has 0 unspecified atom stereocenters. The highest BCUT2D eigenvalue weighted by molar-refractivity contribution is 7.78. The smallest absolute Gasteiger partial charge is 0.306 e. The minimum atomic E-state index is -0.468. The van der Waals surface area contributed by atoms with Crippen molar-refractivity contribution in [3.05, 3.63) is 0 Å². The number of esters is 2. The average Bonchev–Trinajstić information content (AvgIpc) is 2.30. The van der Waals surface area contributed by atoms with Gasteiger partial charge in [-0.05, 0) is 20.3 Å². The van der Waals surface area contributed by atoms with Crippen molar-refractivity contribution < 1.29 is 23.9 Å². The minimum absolute atomic E-state index is 0.00281. The van der Waals surface area contributed by atoms with Gasteiger partial charge >= 0.3 is 11.9 Å². The van der Waals surface area contributed by atoms with Crippen molar-refractivity contribution in [3.8, 4) is 0 Å². The number of thiol groups is 1. The van der Waals surface area contributed by atoms with Gasteiger partial charge in [-0.1, -0.05) is 12.8 Å². The van der Waals surface area contributed by atoms with Gasteiger partial charge in [0.2, 0.25) is 5.91 Å². The number of nitrogens with one attached hydrogen (secondary N) is 1. The molecule has 0 saturated heterocycles. The van der Waals surface area contributed by atoms with Crippen molar-refractivity contribution in [1.29, 1.82) is 0 Å². The first kappa shape index (κ1) is 16.8. The van der Waals surface area contributed by atoms with Crippen LogP contribution in [0.3, 0.4) is 0 Å². The van der Waals surface area contributed by atoms with Crippen LogP contribution in [0.2, 0.25) is 0 Å². The van der Waals surface area contributed by atoms with Gasteiger partial charge in [-0.3, -0.25) is 14.4 Å². The number of carbonyl (C=O) groups is 3. The molecule has 0 saturated carbocycles. The molecule has 0 aliphatic heterocycles. The summed E-state index contributed by atoms with van der Waals surface area (Å²) in [5, 5.41) is 0. The normalized spacial score (nSPS) is 10.0. The maximum absolute atomic E-state index is 11.1. The minimum Gasteiger partial charge on any atom is -0.466 e. The summed E-state index contributed by atoms with van der Waals surface area (Å²) in [6, 6.07) is 0. The molecule has 0 aromatic heterocycles. The van der Waals surface area contributed by atoms with Crippen LogP contribution in [0.5, 0.6) is 0 Å². The Morgan fingerprint density at radius 2 is 1.78 bits per heavy atom. The Kier molecular flexibility index (Phi) is 9.08. The fourth-order valence-electron chi connectivity index (χ4n) is 1.07. The Labute approximate surface area is 112 Å². The quantitative estimate of drug-likeness (QED) is 0.393. The van der Waals surface area contributed by atoms with Crippen molar-refractivity contribution in [1.82, 2.24) is 4.72 Å². The van der Waals surface area contributed by atoms with E-state index in [1.165, 1.54) is 0 Å². The molecule has 0 aliphatic rings. The molecule has 7 heteroatoms. The highest BCUT2D eigenvalue weighted by atomic mass is 32.1. The van der Waals surface area contributed by atoms with Crippen molar-refractivity contribution in [2.24, 2.45) is 0 Å². The van der Waals surface area contributed by atoms with Crippen molar-refractivity contribution in [3.63, 3.8) is 0 Å². The fourth-order valence-corrected chi connectivity index (χ4v) is 1.18. The Morgan fingerprint density at radius 1 is 1.11 bits per heavy atom. The van der Waals surface area contributed by atoms with Crippen LogP contribution < -0.4 is 4.72 Å². The molecular weight excluding hydrogens is 258 g/mol. The van der Waals surface area contributed by atoms with E-state index in [2.05, 4.69) is 17.5 Å². The van der Waals surface area contributed by atoms with E-state index in [0.717, 1.165) is 0 Å². The van der Waals surface area contributed by atoms with Gasteiger partial charge in [0.25, 0.3) is 0 Å². The molecule has 18 heavy (non-hydrogen) atoms. The third-order valence-corrected chi connectivity index (χ3v) is 2.09. The summed E-state index contributed by atoms with van der Waals surface area (Å²) < 4.78 is 11.9. The zero-order valence-corrected chi connectivity index (χ0v) is 11.5. The summed E-state index contributed by atoms with van der Waals surface area (Å²) in [6.45, 7) is 3.68. The molecule has 0 bridgehead atoms. The van der Waals surface area contributed by atoms with Crippen LogP contribution in [0, 0.1) is 0 Å². The van der Waals surface area contributed by atoms with Crippen LogP contribution >= 0.6 is 12.8 Å². The van der Waals surface area contributed by atoms with Crippen molar-refractivity contribution in [2.75, 3.05) is 6.61 Å². The van der Waals surface area contributed by atoms with E-state index in [9.17, 15) is 14.4 Å². The van der Waals surface area contributed by atoms with E-state index in [4.69, 9.17) is 9.47 Å². The number of carbonyl (C=O) groups excluding carboxylic acids is 3. The average molecular weight is 277 g/mol. The standard InChI is InChI=1S/C11H19NO5S/c1-8(2)17-11(15)4-3-7-16-10(14)6-5-9(13)12-18/h8,18H,3-7H2,1-2H3,(H,12,13). The van der Waals surface area contributed by atoms with Gasteiger partial charge in [-0.2, -0.15) is 0 Å². The summed E-state index contributed by atoms with van der Waals surface area (Å²) in [5.74, 6) is -1.12. The lowest BCUT2D eigenvalue weighted by Gasteiger charge is -2.08. The van der Waals surface area contributed by atoms with Crippen molar-refractivity contribution in [2.45, 2.75) is 45.6 Å². The number of rotatable bonds is 8. The van der Waals surface area contributed by atoms with Crippen LogP contribution in [-0.2, 0) is 23.9 Å². The first-order valence-electron chi connectivity index (χ1n) is 5.73. The molecule has 1 amide bonds. The molecule has 0 atom stereocenters. The molecule has 104 valence electrons. The predicted octanol–water partition coefficient (Wildman–Crippen LogP) is 1.00. The molecule has 1 N–H and O–H groups in total. The van der Waals surface area contributed by atoms with Gasteiger partial charge < -0.3 is 14.2 Å². The third-order valence-electron chi connectivity index (χ3n) is 1.84. The monoisotopic (exact) mass is 277 g/mol. The number of hydrogen-bond donors (Lipinski definition) is 2. The van der Waals surface area contributed by atoms with E-state index in [-0.39, 0.29) is 43.8 Å². The number of hydrogen-bond acceptors (Lipinski definition) is 6. The van der Waals surface area contributed by atoms with Crippen LogP contribution in [-0.4, -0.2) is 30.6 Å². The van der Waals surface area contributed by atoms with E-state index >= 15 is 0 Å². The molecule has 0 aliphatic carbocycles. The molecule has 0 spiro atoms. The topological polar surface area (TPSA) is 81.7 Å². The largest absolute Gasteiger partial charge is 0.466 e. The summed E-state index contributed by atoms with van der Waals surface area (Å²) >= 11 is 3.55. The number of amides is 1. The van der Waals surface area contributed by atoms with Gasteiger partial charge in [0.1, 0.15) is 0 Å². The number of ether oxygens (including phenoxy) is 2. The predicted molar refractivity (Wildman–Crippen MR) is 67.8 cm³/mol. The first-order chi connectivity index (χ1) is 8.45. The molecule has 0 aromatic rings. The Balaban J connectivity index is 3.51.